The van der Waals surface area contributed by atoms with Crippen LogP contribution in [0.1, 0.15) is 29.8 Å². The van der Waals surface area contributed by atoms with Crippen LogP contribution in [0.2, 0.25) is 0 Å². The van der Waals surface area contributed by atoms with Crippen molar-refractivity contribution in [3.05, 3.63) is 42.2 Å². The fraction of sp³-hybridized carbons (Fsp3) is 0.474. The molecule has 2 aliphatic rings. The van der Waals surface area contributed by atoms with E-state index in [0.29, 0.717) is 18.3 Å². The van der Waals surface area contributed by atoms with E-state index in [2.05, 4.69) is 4.98 Å². The van der Waals surface area contributed by atoms with Gasteiger partial charge in [-0.1, -0.05) is 24.3 Å². The van der Waals surface area contributed by atoms with Crippen LogP contribution in [-0.2, 0) is 4.74 Å². The van der Waals surface area contributed by atoms with Crippen molar-refractivity contribution in [1.82, 2.24) is 9.88 Å². The summed E-state index contributed by atoms with van der Waals surface area (Å²) in [6, 6.07) is 10.2. The lowest BCUT2D eigenvalue weighted by Gasteiger charge is -2.30. The van der Waals surface area contributed by atoms with E-state index < -0.39 is 0 Å². The second-order valence-corrected chi connectivity index (χ2v) is 7.64. The lowest BCUT2D eigenvalue weighted by molar-refractivity contribution is 0.0439. The van der Waals surface area contributed by atoms with E-state index >= 15 is 0 Å². The summed E-state index contributed by atoms with van der Waals surface area (Å²) in [7, 11) is 0. The minimum absolute atomic E-state index is 0.0507. The summed E-state index contributed by atoms with van der Waals surface area (Å²) >= 11 is 1.93. The fourth-order valence-corrected chi connectivity index (χ4v) is 4.82. The van der Waals surface area contributed by atoms with Gasteiger partial charge in [0.2, 0.25) is 0 Å². The molecule has 0 radical (unpaired) electrons. The molecule has 4 nitrogen and oxygen atoms in total. The predicted octanol–water partition coefficient (Wildman–Crippen LogP) is 3.36. The first-order valence-corrected chi connectivity index (χ1v) is 9.82. The van der Waals surface area contributed by atoms with Crippen LogP contribution in [0.5, 0.6) is 0 Å². The van der Waals surface area contributed by atoms with E-state index in [0.717, 1.165) is 48.1 Å². The first-order chi connectivity index (χ1) is 11.8. The van der Waals surface area contributed by atoms with Crippen molar-refractivity contribution in [2.75, 3.05) is 24.7 Å². The molecule has 2 fully saturated rings. The highest BCUT2D eigenvalue weighted by Gasteiger charge is 2.32. The molecule has 5 heteroatoms. The highest BCUT2D eigenvalue weighted by molar-refractivity contribution is 7.99. The van der Waals surface area contributed by atoms with E-state index in [1.807, 2.05) is 47.0 Å². The fourth-order valence-electron chi connectivity index (χ4n) is 3.60. The van der Waals surface area contributed by atoms with Crippen molar-refractivity contribution in [3.63, 3.8) is 0 Å². The molecule has 1 aromatic heterocycles. The molecule has 0 spiro atoms. The number of amides is 1. The summed E-state index contributed by atoms with van der Waals surface area (Å²) in [5.74, 6) is 2.20. The summed E-state index contributed by atoms with van der Waals surface area (Å²) in [6.07, 6.45) is 5.12. The summed E-state index contributed by atoms with van der Waals surface area (Å²) in [5, 5.41) is 2.00. The van der Waals surface area contributed by atoms with Crippen LogP contribution in [0.25, 0.3) is 10.8 Å². The van der Waals surface area contributed by atoms with Gasteiger partial charge in [0.1, 0.15) is 5.69 Å². The van der Waals surface area contributed by atoms with Crippen molar-refractivity contribution in [2.24, 2.45) is 0 Å². The Balaban J connectivity index is 1.66. The molecular weight excluding hydrogens is 320 g/mol. The maximum atomic E-state index is 13.3. The van der Waals surface area contributed by atoms with Crippen LogP contribution in [0.3, 0.4) is 0 Å². The Hall–Kier alpha value is -1.59. The zero-order chi connectivity index (χ0) is 16.4. The van der Waals surface area contributed by atoms with Gasteiger partial charge < -0.3 is 9.64 Å². The number of benzene rings is 1. The highest BCUT2D eigenvalue weighted by atomic mass is 32.2. The second kappa shape index (κ2) is 7.11. The number of carbonyl (C=O) groups is 1. The molecule has 2 aromatic rings. The van der Waals surface area contributed by atoms with Crippen LogP contribution >= 0.6 is 11.8 Å². The van der Waals surface area contributed by atoms with Crippen LogP contribution in [-0.4, -0.2) is 52.6 Å². The maximum Gasteiger partial charge on any atom is 0.273 e. The second-order valence-electron chi connectivity index (χ2n) is 6.49. The number of aromatic nitrogens is 1. The number of hydrogen-bond acceptors (Lipinski definition) is 4. The van der Waals surface area contributed by atoms with Gasteiger partial charge in [0.15, 0.2) is 0 Å². The number of carbonyl (C=O) groups excluding carboxylic acids is 1. The third-order valence-corrected chi connectivity index (χ3v) is 6.05. The lowest BCUT2D eigenvalue weighted by Crippen LogP contribution is -2.45. The van der Waals surface area contributed by atoms with Gasteiger partial charge in [-0.15, -0.1) is 0 Å². The van der Waals surface area contributed by atoms with Gasteiger partial charge in [-0.2, -0.15) is 11.8 Å². The first kappa shape index (κ1) is 15.9. The molecule has 0 aliphatic carbocycles. The molecule has 3 heterocycles. The normalized spacial score (nSPS) is 23.7. The minimum Gasteiger partial charge on any atom is -0.376 e. The van der Waals surface area contributed by atoms with E-state index in [1.165, 1.54) is 0 Å². The molecule has 24 heavy (non-hydrogen) atoms. The zero-order valence-corrected chi connectivity index (χ0v) is 14.5. The molecule has 0 N–H and O–H groups in total. The SMILES string of the molecule is O=C(c1nccc2ccccc12)N(CC1CCCO1)C1CCSC1. The zero-order valence-electron chi connectivity index (χ0n) is 13.7. The summed E-state index contributed by atoms with van der Waals surface area (Å²) < 4.78 is 5.80. The number of rotatable bonds is 4. The van der Waals surface area contributed by atoms with Gasteiger partial charge in [-0.05, 0) is 36.5 Å². The standard InChI is InChI=1S/C19H22N2O2S/c22-19(18-17-6-2-1-4-14(17)7-9-20-18)21(15-8-11-24-13-15)12-16-5-3-10-23-16/h1-2,4,6-7,9,15-16H,3,5,8,10-13H2. The molecule has 0 bridgehead atoms. The Labute approximate surface area is 146 Å². The maximum absolute atomic E-state index is 13.3. The first-order valence-electron chi connectivity index (χ1n) is 8.67. The Bertz CT molecular complexity index is 719. The van der Waals surface area contributed by atoms with Gasteiger partial charge in [-0.25, -0.2) is 0 Å². The summed E-state index contributed by atoms with van der Waals surface area (Å²) in [6.45, 7) is 1.51. The molecule has 1 amide bonds. The molecular formula is C19H22N2O2S. The number of pyridine rings is 1. The number of nitrogens with zero attached hydrogens (tertiary/aromatic N) is 2. The van der Waals surface area contributed by atoms with Crippen molar-refractivity contribution < 1.29 is 9.53 Å². The average molecular weight is 342 g/mol. The molecule has 4 rings (SSSR count). The van der Waals surface area contributed by atoms with E-state index in [9.17, 15) is 4.79 Å². The average Bonchev–Trinajstić information content (AvgIpc) is 3.32. The molecule has 1 aromatic carbocycles. The molecule has 2 aliphatic heterocycles. The number of hydrogen-bond donors (Lipinski definition) is 0. The Morgan fingerprint density at radius 2 is 2.21 bits per heavy atom. The van der Waals surface area contributed by atoms with E-state index in [-0.39, 0.29) is 12.0 Å². The largest absolute Gasteiger partial charge is 0.376 e. The van der Waals surface area contributed by atoms with Crippen molar-refractivity contribution in [2.45, 2.75) is 31.4 Å². The predicted molar refractivity (Wildman–Crippen MR) is 97.5 cm³/mol. The molecule has 126 valence electrons. The van der Waals surface area contributed by atoms with Gasteiger partial charge in [0.25, 0.3) is 5.91 Å². The van der Waals surface area contributed by atoms with Crippen molar-refractivity contribution in [3.8, 4) is 0 Å². The third kappa shape index (κ3) is 3.15. The summed E-state index contributed by atoms with van der Waals surface area (Å²) in [4.78, 5) is 19.8. The van der Waals surface area contributed by atoms with Crippen molar-refractivity contribution >= 4 is 28.4 Å². The monoisotopic (exact) mass is 342 g/mol. The Kier molecular flexibility index (Phi) is 4.72. The lowest BCUT2D eigenvalue weighted by atomic mass is 10.1. The van der Waals surface area contributed by atoms with E-state index in [4.69, 9.17) is 4.74 Å². The topological polar surface area (TPSA) is 42.4 Å². The third-order valence-electron chi connectivity index (χ3n) is 4.91. The van der Waals surface area contributed by atoms with Gasteiger partial charge in [0, 0.05) is 36.5 Å². The van der Waals surface area contributed by atoms with Crippen molar-refractivity contribution in [1.29, 1.82) is 0 Å². The van der Waals surface area contributed by atoms with Gasteiger partial charge in [-0.3, -0.25) is 9.78 Å². The highest BCUT2D eigenvalue weighted by Crippen LogP contribution is 2.27. The molecule has 2 saturated heterocycles. The minimum atomic E-state index is 0.0507. The van der Waals surface area contributed by atoms with Crippen LogP contribution in [0.4, 0.5) is 0 Å². The Morgan fingerprint density at radius 1 is 1.29 bits per heavy atom. The Morgan fingerprint density at radius 3 is 3.00 bits per heavy atom. The smallest absolute Gasteiger partial charge is 0.273 e. The molecule has 2 unspecified atom stereocenters. The number of fused-ring (bicyclic) bond motifs is 1. The van der Waals surface area contributed by atoms with Gasteiger partial charge >= 0.3 is 0 Å². The molecule has 0 saturated carbocycles. The van der Waals surface area contributed by atoms with Crippen LogP contribution in [0, 0.1) is 0 Å². The number of thioether (sulfide) groups is 1. The van der Waals surface area contributed by atoms with Crippen LogP contribution < -0.4 is 0 Å². The van der Waals surface area contributed by atoms with E-state index in [1.54, 1.807) is 6.20 Å². The van der Waals surface area contributed by atoms with Crippen LogP contribution in [0.15, 0.2) is 36.5 Å². The quantitative estimate of drug-likeness (QED) is 0.854. The number of ether oxygens (including phenoxy) is 1. The summed E-state index contributed by atoms with van der Waals surface area (Å²) in [5.41, 5.74) is 0.572. The van der Waals surface area contributed by atoms with Gasteiger partial charge in [0.05, 0.1) is 6.10 Å². The molecule has 2 atom stereocenters.